The monoisotopic (exact) mass is 273 g/mol. The fourth-order valence-corrected chi connectivity index (χ4v) is 2.76. The Bertz CT molecular complexity index is 638. The van der Waals surface area contributed by atoms with Crippen molar-refractivity contribution in [3.05, 3.63) is 40.8 Å². The lowest BCUT2D eigenvalue weighted by molar-refractivity contribution is 0.0702. The van der Waals surface area contributed by atoms with Crippen LogP contribution in [0.3, 0.4) is 0 Å². The summed E-state index contributed by atoms with van der Waals surface area (Å²) in [4.78, 5) is 12.1. The highest BCUT2D eigenvalue weighted by Gasteiger charge is 2.15. The molecule has 1 aromatic heterocycles. The van der Waals surface area contributed by atoms with E-state index in [1.165, 1.54) is 11.3 Å². The van der Waals surface area contributed by atoms with Gasteiger partial charge in [0.2, 0.25) is 0 Å². The van der Waals surface area contributed by atoms with E-state index in [1.54, 1.807) is 13.2 Å². The summed E-state index contributed by atoms with van der Waals surface area (Å²) in [5, 5.41) is 17.8. The zero-order valence-corrected chi connectivity index (χ0v) is 11.0. The standard InChI is InChI=1S/C14H11NO3S/c1-18-11-4-2-9(3-5-11)13-10(6-7-15)8-12(19-13)14(16)17/h2-5,8H,6H2,1H3,(H,16,17). The minimum atomic E-state index is -0.969. The molecule has 1 N–H and O–H groups in total. The molecule has 96 valence electrons. The highest BCUT2D eigenvalue weighted by atomic mass is 32.1. The van der Waals surface area contributed by atoms with Crippen LogP contribution < -0.4 is 4.74 Å². The second-order valence-corrected chi connectivity index (χ2v) is 4.89. The Morgan fingerprint density at radius 2 is 2.11 bits per heavy atom. The molecule has 0 atom stereocenters. The van der Waals surface area contributed by atoms with E-state index < -0.39 is 5.97 Å². The van der Waals surface area contributed by atoms with Crippen LogP contribution in [-0.4, -0.2) is 18.2 Å². The Morgan fingerprint density at radius 3 is 2.63 bits per heavy atom. The zero-order chi connectivity index (χ0) is 13.8. The molecule has 0 saturated heterocycles. The topological polar surface area (TPSA) is 70.3 Å². The van der Waals surface area contributed by atoms with Crippen molar-refractivity contribution < 1.29 is 14.6 Å². The zero-order valence-electron chi connectivity index (χ0n) is 10.2. The Kier molecular flexibility index (Phi) is 3.83. The average molecular weight is 273 g/mol. The first kappa shape index (κ1) is 13.1. The quantitative estimate of drug-likeness (QED) is 0.928. The smallest absolute Gasteiger partial charge is 0.345 e. The molecule has 19 heavy (non-hydrogen) atoms. The maximum Gasteiger partial charge on any atom is 0.345 e. The minimum Gasteiger partial charge on any atom is -0.497 e. The molecular formula is C14H11NO3S. The fourth-order valence-electron chi connectivity index (χ4n) is 1.74. The first-order valence-electron chi connectivity index (χ1n) is 5.53. The minimum absolute atomic E-state index is 0.200. The van der Waals surface area contributed by atoms with Gasteiger partial charge in [0.15, 0.2) is 0 Å². The van der Waals surface area contributed by atoms with E-state index in [0.29, 0.717) is 0 Å². The predicted octanol–water partition coefficient (Wildman–Crippen LogP) is 3.19. The summed E-state index contributed by atoms with van der Waals surface area (Å²) < 4.78 is 5.08. The average Bonchev–Trinajstić information content (AvgIpc) is 2.84. The molecule has 0 saturated carbocycles. The first-order valence-corrected chi connectivity index (χ1v) is 6.34. The van der Waals surface area contributed by atoms with E-state index in [4.69, 9.17) is 15.1 Å². The third kappa shape index (κ3) is 2.75. The number of carbonyl (C=O) groups is 1. The van der Waals surface area contributed by atoms with Crippen molar-refractivity contribution in [1.29, 1.82) is 5.26 Å². The highest BCUT2D eigenvalue weighted by molar-refractivity contribution is 7.17. The summed E-state index contributed by atoms with van der Waals surface area (Å²) in [7, 11) is 1.59. The number of nitrogens with zero attached hydrogens (tertiary/aromatic N) is 1. The van der Waals surface area contributed by atoms with Gasteiger partial charge in [-0.05, 0) is 41.5 Å². The third-order valence-corrected chi connectivity index (χ3v) is 3.86. The molecule has 0 aliphatic rings. The summed E-state index contributed by atoms with van der Waals surface area (Å²) >= 11 is 1.18. The highest BCUT2D eigenvalue weighted by Crippen LogP contribution is 2.34. The Morgan fingerprint density at radius 1 is 1.42 bits per heavy atom. The van der Waals surface area contributed by atoms with Gasteiger partial charge in [0.25, 0.3) is 0 Å². The van der Waals surface area contributed by atoms with Crippen molar-refractivity contribution in [1.82, 2.24) is 0 Å². The lowest BCUT2D eigenvalue weighted by Gasteiger charge is -2.03. The Hall–Kier alpha value is -2.32. The molecule has 0 spiro atoms. The second-order valence-electron chi connectivity index (χ2n) is 3.83. The normalized spacial score (nSPS) is 9.89. The van der Waals surface area contributed by atoms with Crippen molar-refractivity contribution >= 4 is 17.3 Å². The van der Waals surface area contributed by atoms with E-state index in [1.807, 2.05) is 24.3 Å². The largest absolute Gasteiger partial charge is 0.497 e. The Balaban J connectivity index is 2.46. The van der Waals surface area contributed by atoms with Crippen molar-refractivity contribution in [2.75, 3.05) is 7.11 Å². The number of benzene rings is 1. The fraction of sp³-hybridized carbons (Fsp3) is 0.143. The molecule has 1 aromatic carbocycles. The molecule has 0 aliphatic carbocycles. The molecule has 1 heterocycles. The molecule has 5 heteroatoms. The van der Waals surface area contributed by atoms with Crippen molar-refractivity contribution in [3.63, 3.8) is 0 Å². The number of methoxy groups -OCH3 is 1. The number of carboxylic acids is 1. The summed E-state index contributed by atoms with van der Waals surface area (Å²) in [6.07, 6.45) is 0.200. The van der Waals surface area contributed by atoms with Crippen LogP contribution in [0.4, 0.5) is 0 Å². The van der Waals surface area contributed by atoms with E-state index in [0.717, 1.165) is 21.8 Å². The number of nitriles is 1. The molecule has 0 unspecified atom stereocenters. The molecule has 0 bridgehead atoms. The van der Waals surface area contributed by atoms with Gasteiger partial charge in [-0.2, -0.15) is 5.26 Å². The van der Waals surface area contributed by atoms with Crippen LogP contribution in [0.25, 0.3) is 10.4 Å². The van der Waals surface area contributed by atoms with E-state index >= 15 is 0 Å². The van der Waals surface area contributed by atoms with Gasteiger partial charge >= 0.3 is 5.97 Å². The van der Waals surface area contributed by atoms with Crippen LogP contribution in [0.15, 0.2) is 30.3 Å². The van der Waals surface area contributed by atoms with Crippen LogP contribution in [0.5, 0.6) is 5.75 Å². The number of rotatable bonds is 4. The van der Waals surface area contributed by atoms with Crippen molar-refractivity contribution in [2.24, 2.45) is 0 Å². The predicted molar refractivity (Wildman–Crippen MR) is 72.6 cm³/mol. The molecule has 4 nitrogen and oxygen atoms in total. The van der Waals surface area contributed by atoms with E-state index in [9.17, 15) is 4.79 Å². The SMILES string of the molecule is COc1ccc(-c2sc(C(=O)O)cc2CC#N)cc1. The first-order chi connectivity index (χ1) is 9.15. The maximum absolute atomic E-state index is 11.0. The van der Waals surface area contributed by atoms with Gasteiger partial charge in [-0.1, -0.05) is 0 Å². The summed E-state index contributed by atoms with van der Waals surface area (Å²) in [6.45, 7) is 0. The lowest BCUT2D eigenvalue weighted by atomic mass is 10.1. The summed E-state index contributed by atoms with van der Waals surface area (Å²) in [5.41, 5.74) is 1.64. The van der Waals surface area contributed by atoms with Gasteiger partial charge < -0.3 is 9.84 Å². The van der Waals surface area contributed by atoms with Crippen LogP contribution in [0, 0.1) is 11.3 Å². The summed E-state index contributed by atoms with van der Waals surface area (Å²) in [6, 6.07) is 11.0. The van der Waals surface area contributed by atoms with Gasteiger partial charge in [-0.15, -0.1) is 11.3 Å². The summed E-state index contributed by atoms with van der Waals surface area (Å²) in [5.74, 6) is -0.232. The molecule has 0 fully saturated rings. The number of hydrogen-bond acceptors (Lipinski definition) is 4. The maximum atomic E-state index is 11.0. The molecule has 2 rings (SSSR count). The van der Waals surface area contributed by atoms with Crippen LogP contribution in [-0.2, 0) is 6.42 Å². The van der Waals surface area contributed by atoms with Gasteiger partial charge in [0, 0.05) is 4.88 Å². The van der Waals surface area contributed by atoms with Crippen LogP contribution >= 0.6 is 11.3 Å². The van der Waals surface area contributed by atoms with Gasteiger partial charge in [-0.25, -0.2) is 4.79 Å². The third-order valence-electron chi connectivity index (χ3n) is 2.64. The molecular weight excluding hydrogens is 262 g/mol. The molecule has 0 radical (unpaired) electrons. The van der Waals surface area contributed by atoms with Gasteiger partial charge in [0.1, 0.15) is 10.6 Å². The molecule has 0 aliphatic heterocycles. The Labute approximate surface area is 114 Å². The van der Waals surface area contributed by atoms with Crippen molar-refractivity contribution in [3.8, 4) is 22.3 Å². The van der Waals surface area contributed by atoms with Crippen LogP contribution in [0.1, 0.15) is 15.2 Å². The lowest BCUT2D eigenvalue weighted by Crippen LogP contribution is -1.90. The van der Waals surface area contributed by atoms with Crippen molar-refractivity contribution in [2.45, 2.75) is 6.42 Å². The number of aromatic carboxylic acids is 1. The van der Waals surface area contributed by atoms with Crippen LogP contribution in [0.2, 0.25) is 0 Å². The van der Waals surface area contributed by atoms with Gasteiger partial charge in [0.05, 0.1) is 19.6 Å². The number of thiophene rings is 1. The molecule has 0 amide bonds. The number of hydrogen-bond donors (Lipinski definition) is 1. The number of carboxylic acid groups (broad SMARTS) is 1. The second kappa shape index (κ2) is 5.55. The molecule has 2 aromatic rings. The number of ether oxygens (including phenoxy) is 1. The van der Waals surface area contributed by atoms with E-state index in [-0.39, 0.29) is 11.3 Å². The van der Waals surface area contributed by atoms with Gasteiger partial charge in [-0.3, -0.25) is 0 Å². The van der Waals surface area contributed by atoms with E-state index in [2.05, 4.69) is 6.07 Å².